The summed E-state index contributed by atoms with van der Waals surface area (Å²) in [6.07, 6.45) is -0.0627. The lowest BCUT2D eigenvalue weighted by atomic mass is 9.77. The number of amides is 1. The molecule has 6 nitrogen and oxygen atoms in total. The average molecular weight is 384 g/mol. The predicted octanol–water partition coefficient (Wildman–Crippen LogP) is 2.37. The molecule has 0 aromatic heterocycles. The summed E-state index contributed by atoms with van der Waals surface area (Å²) in [5.74, 6) is 0.965. The topological polar surface area (TPSA) is 62.2 Å². The Morgan fingerprint density at radius 3 is 2.36 bits per heavy atom. The third kappa shape index (κ3) is 3.45. The van der Waals surface area contributed by atoms with Crippen LogP contribution in [0.2, 0.25) is 0 Å². The fraction of sp³-hybridized carbons (Fsp3) is 0.409. The highest BCUT2D eigenvalue weighted by Crippen LogP contribution is 2.38. The molecular formula is C22H28N2O4. The van der Waals surface area contributed by atoms with Gasteiger partial charge in [0.25, 0.3) is 5.91 Å². The van der Waals surface area contributed by atoms with E-state index in [1.807, 2.05) is 44.4 Å². The van der Waals surface area contributed by atoms with Gasteiger partial charge in [-0.05, 0) is 44.3 Å². The second kappa shape index (κ2) is 8.20. The maximum atomic E-state index is 13.0. The first-order valence-corrected chi connectivity index (χ1v) is 9.36. The van der Waals surface area contributed by atoms with Crippen LogP contribution in [0.4, 0.5) is 0 Å². The van der Waals surface area contributed by atoms with Crippen molar-refractivity contribution >= 4 is 5.91 Å². The molecule has 1 fully saturated rings. The third-order valence-corrected chi connectivity index (χ3v) is 5.70. The van der Waals surface area contributed by atoms with Gasteiger partial charge in [-0.3, -0.25) is 9.69 Å². The van der Waals surface area contributed by atoms with Crippen LogP contribution in [0.5, 0.6) is 11.5 Å². The fourth-order valence-electron chi connectivity index (χ4n) is 4.10. The first kappa shape index (κ1) is 20.2. The summed E-state index contributed by atoms with van der Waals surface area (Å²) in [6, 6.07) is 15.1. The molecule has 1 N–H and O–H groups in total. The minimum atomic E-state index is -0.706. The van der Waals surface area contributed by atoms with Gasteiger partial charge in [-0.25, -0.2) is 0 Å². The highest BCUT2D eigenvalue weighted by molar-refractivity contribution is 5.95. The van der Waals surface area contributed by atoms with Crippen molar-refractivity contribution < 1.29 is 19.4 Å². The molecule has 3 rings (SSSR count). The van der Waals surface area contributed by atoms with Gasteiger partial charge in [0.05, 0.1) is 25.9 Å². The molecule has 0 bridgehead atoms. The molecule has 0 saturated carbocycles. The Morgan fingerprint density at radius 1 is 1.11 bits per heavy atom. The van der Waals surface area contributed by atoms with Crippen molar-refractivity contribution in [2.45, 2.75) is 18.1 Å². The van der Waals surface area contributed by atoms with Crippen molar-refractivity contribution in [2.75, 3.05) is 41.4 Å². The Morgan fingerprint density at radius 2 is 1.79 bits per heavy atom. The van der Waals surface area contributed by atoms with Crippen LogP contribution in [0, 0.1) is 0 Å². The number of β-amino-alcohol motifs (C(OH)–C–C–N with tert-alkyl or cyclic N) is 1. The van der Waals surface area contributed by atoms with E-state index in [1.165, 1.54) is 0 Å². The number of carbonyl (C=O) groups excluding carboxylic acids is 1. The van der Waals surface area contributed by atoms with E-state index in [1.54, 1.807) is 37.3 Å². The Balaban J connectivity index is 1.84. The van der Waals surface area contributed by atoms with Crippen molar-refractivity contribution in [2.24, 2.45) is 0 Å². The number of methoxy groups -OCH3 is 2. The molecule has 0 unspecified atom stereocenters. The van der Waals surface area contributed by atoms with Crippen LogP contribution in [0.1, 0.15) is 22.3 Å². The van der Waals surface area contributed by atoms with Crippen molar-refractivity contribution in [3.8, 4) is 11.5 Å². The Bertz CT molecular complexity index is 825. The zero-order chi connectivity index (χ0) is 20.3. The van der Waals surface area contributed by atoms with Crippen LogP contribution < -0.4 is 9.47 Å². The van der Waals surface area contributed by atoms with Crippen LogP contribution in [0.15, 0.2) is 48.5 Å². The van der Waals surface area contributed by atoms with E-state index in [9.17, 15) is 9.90 Å². The summed E-state index contributed by atoms with van der Waals surface area (Å²) < 4.78 is 10.5. The number of aliphatic hydroxyl groups excluding tert-OH is 1. The monoisotopic (exact) mass is 384 g/mol. The van der Waals surface area contributed by atoms with Crippen LogP contribution in [0.3, 0.4) is 0 Å². The molecule has 1 aliphatic heterocycles. The molecular weight excluding hydrogens is 356 g/mol. The summed E-state index contributed by atoms with van der Waals surface area (Å²) in [5.41, 5.74) is 1.06. The van der Waals surface area contributed by atoms with Crippen molar-refractivity contribution in [3.63, 3.8) is 0 Å². The highest BCUT2D eigenvalue weighted by Gasteiger charge is 2.46. The molecule has 0 radical (unpaired) electrons. The van der Waals surface area contributed by atoms with Crippen molar-refractivity contribution in [3.05, 3.63) is 59.7 Å². The standard InChI is InChI=1S/C22H28N2O4/c1-23(2)22(17-8-6-5-7-9-17)12-13-24(15-20(22)25)21(26)16-10-11-18(27-3)19(14-16)28-4/h5-11,14,20,25H,12-13,15H2,1-4H3/t20-,22+/m1/s1. The number of ether oxygens (including phenoxy) is 2. The molecule has 6 heteroatoms. The summed E-state index contributed by atoms with van der Waals surface area (Å²) in [4.78, 5) is 16.8. The normalized spacial score (nSPS) is 22.2. The Hall–Kier alpha value is -2.57. The zero-order valence-electron chi connectivity index (χ0n) is 16.9. The summed E-state index contributed by atoms with van der Waals surface area (Å²) in [7, 11) is 7.05. The number of nitrogens with zero attached hydrogens (tertiary/aromatic N) is 2. The van der Waals surface area contributed by atoms with Gasteiger partial charge in [-0.15, -0.1) is 0 Å². The van der Waals surface area contributed by atoms with E-state index in [4.69, 9.17) is 9.47 Å². The lowest BCUT2D eigenvalue weighted by molar-refractivity contribution is -0.0612. The molecule has 0 spiro atoms. The van der Waals surface area contributed by atoms with E-state index < -0.39 is 11.6 Å². The quantitative estimate of drug-likeness (QED) is 0.858. The van der Waals surface area contributed by atoms with Gasteiger partial charge in [0.15, 0.2) is 11.5 Å². The highest BCUT2D eigenvalue weighted by atomic mass is 16.5. The Kier molecular flexibility index (Phi) is 5.91. The minimum absolute atomic E-state index is 0.125. The molecule has 150 valence electrons. The number of rotatable bonds is 5. The molecule has 2 aromatic rings. The number of carbonyl (C=O) groups is 1. The van der Waals surface area contributed by atoms with Crippen LogP contribution >= 0.6 is 0 Å². The van der Waals surface area contributed by atoms with E-state index in [-0.39, 0.29) is 12.5 Å². The average Bonchev–Trinajstić information content (AvgIpc) is 2.73. The molecule has 28 heavy (non-hydrogen) atoms. The first-order valence-electron chi connectivity index (χ1n) is 9.36. The molecule has 1 aliphatic rings. The van der Waals surface area contributed by atoms with Gasteiger partial charge in [0.1, 0.15) is 0 Å². The number of hydrogen-bond acceptors (Lipinski definition) is 5. The molecule has 1 saturated heterocycles. The van der Waals surface area contributed by atoms with E-state index in [0.29, 0.717) is 30.0 Å². The van der Waals surface area contributed by atoms with Crippen molar-refractivity contribution in [1.82, 2.24) is 9.80 Å². The first-order chi connectivity index (χ1) is 13.4. The van der Waals surface area contributed by atoms with Gasteiger partial charge < -0.3 is 19.5 Å². The van der Waals surface area contributed by atoms with E-state index in [2.05, 4.69) is 4.90 Å². The smallest absolute Gasteiger partial charge is 0.254 e. The third-order valence-electron chi connectivity index (χ3n) is 5.70. The summed E-state index contributed by atoms with van der Waals surface area (Å²) >= 11 is 0. The summed E-state index contributed by atoms with van der Waals surface area (Å²) in [6.45, 7) is 0.817. The molecule has 2 atom stereocenters. The minimum Gasteiger partial charge on any atom is -0.493 e. The molecule has 1 heterocycles. The van der Waals surface area contributed by atoms with Gasteiger partial charge in [0.2, 0.25) is 0 Å². The second-order valence-corrected chi connectivity index (χ2v) is 7.27. The van der Waals surface area contributed by atoms with Crippen LogP contribution in [-0.4, -0.2) is 68.3 Å². The maximum Gasteiger partial charge on any atom is 0.254 e. The number of likely N-dealkylation sites (N-methyl/N-ethyl adjacent to an activating group) is 1. The molecule has 1 amide bonds. The fourth-order valence-corrected chi connectivity index (χ4v) is 4.10. The lowest BCUT2D eigenvalue weighted by Gasteiger charge is -2.49. The number of benzene rings is 2. The maximum absolute atomic E-state index is 13.0. The summed E-state index contributed by atoms with van der Waals surface area (Å²) in [5, 5.41) is 11.1. The van der Waals surface area contributed by atoms with Gasteiger partial charge in [-0.1, -0.05) is 30.3 Å². The second-order valence-electron chi connectivity index (χ2n) is 7.27. The number of piperidine rings is 1. The predicted molar refractivity (Wildman–Crippen MR) is 108 cm³/mol. The van der Waals surface area contributed by atoms with Crippen LogP contribution in [0.25, 0.3) is 0 Å². The zero-order valence-corrected chi connectivity index (χ0v) is 16.9. The van der Waals surface area contributed by atoms with E-state index in [0.717, 1.165) is 5.56 Å². The number of aliphatic hydroxyl groups is 1. The largest absolute Gasteiger partial charge is 0.493 e. The van der Waals surface area contributed by atoms with Gasteiger partial charge in [-0.2, -0.15) is 0 Å². The number of hydrogen-bond donors (Lipinski definition) is 1. The van der Waals surface area contributed by atoms with Crippen molar-refractivity contribution in [1.29, 1.82) is 0 Å². The Labute approximate surface area is 166 Å². The molecule has 2 aromatic carbocycles. The number of likely N-dealkylation sites (tertiary alicyclic amines) is 1. The van der Waals surface area contributed by atoms with Gasteiger partial charge >= 0.3 is 0 Å². The van der Waals surface area contributed by atoms with E-state index >= 15 is 0 Å². The van der Waals surface area contributed by atoms with Gasteiger partial charge in [0, 0.05) is 18.7 Å². The van der Waals surface area contributed by atoms with Crippen LogP contribution in [-0.2, 0) is 5.54 Å². The lowest BCUT2D eigenvalue weighted by Crippen LogP contribution is -2.60. The SMILES string of the molecule is COc1ccc(C(=O)N2CC[C@@](c3ccccc3)(N(C)C)[C@H](O)C2)cc1OC. The molecule has 0 aliphatic carbocycles.